The predicted octanol–water partition coefficient (Wildman–Crippen LogP) is 3.02. The Morgan fingerprint density at radius 3 is 2.10 bits per heavy atom. The zero-order valence-electron chi connectivity index (χ0n) is 18.1. The van der Waals surface area contributed by atoms with Crippen LogP contribution in [0.2, 0.25) is 0 Å². The van der Waals surface area contributed by atoms with Crippen LogP contribution in [0.25, 0.3) is 0 Å². The number of rotatable bonds is 5. The molecule has 170 valence electrons. The summed E-state index contributed by atoms with van der Waals surface area (Å²) < 4.78 is 0. The second-order valence-corrected chi connectivity index (χ2v) is 8.41. The van der Waals surface area contributed by atoms with E-state index in [0.29, 0.717) is 18.4 Å². The van der Waals surface area contributed by atoms with E-state index in [0.717, 1.165) is 44.8 Å². The number of hydrogen-bond donors (Lipinski definition) is 1. The molecular formula is C24H34Cl2N4O. The highest BCUT2D eigenvalue weighted by molar-refractivity contribution is 5.85. The molecule has 2 N–H and O–H groups in total. The quantitative estimate of drug-likeness (QED) is 0.738. The van der Waals surface area contributed by atoms with Crippen molar-refractivity contribution in [2.24, 2.45) is 11.7 Å². The van der Waals surface area contributed by atoms with Gasteiger partial charge in [0.2, 0.25) is 5.91 Å². The molecule has 1 amide bonds. The lowest BCUT2D eigenvalue weighted by Gasteiger charge is -2.38. The average Bonchev–Trinajstić information content (AvgIpc) is 3.21. The molecule has 0 bridgehead atoms. The lowest BCUT2D eigenvalue weighted by atomic mass is 9.89. The standard InChI is InChI=1S/C24H32N4O.2ClH/c1-26-12-14-27(15-13-26)23(20-10-6-3-7-11-20)24(29)28-17-21(16-25)22(18-28)19-8-4-2-5-9-19;;/h2-11,21-23H,12-18,25H2,1H3;2*1H/t21-,22+,23?;;/m1../s1. The zero-order valence-corrected chi connectivity index (χ0v) is 19.7. The van der Waals surface area contributed by atoms with E-state index >= 15 is 0 Å². The topological polar surface area (TPSA) is 52.8 Å². The number of nitrogens with two attached hydrogens (primary N) is 1. The number of likely N-dealkylation sites (N-methyl/N-ethyl adjacent to an activating group) is 1. The van der Waals surface area contributed by atoms with Crippen molar-refractivity contribution in [2.75, 3.05) is 52.9 Å². The largest absolute Gasteiger partial charge is 0.340 e. The van der Waals surface area contributed by atoms with Crippen LogP contribution in [0, 0.1) is 5.92 Å². The summed E-state index contributed by atoms with van der Waals surface area (Å²) in [4.78, 5) is 20.5. The number of carbonyl (C=O) groups is 1. The minimum absolute atomic E-state index is 0. The first kappa shape index (κ1) is 25.6. The molecule has 1 unspecified atom stereocenters. The molecule has 0 saturated carbocycles. The van der Waals surface area contributed by atoms with Gasteiger partial charge in [0.1, 0.15) is 6.04 Å². The Morgan fingerprint density at radius 2 is 1.52 bits per heavy atom. The smallest absolute Gasteiger partial charge is 0.244 e. The summed E-state index contributed by atoms with van der Waals surface area (Å²) >= 11 is 0. The lowest BCUT2D eigenvalue weighted by molar-refractivity contribution is -0.137. The van der Waals surface area contributed by atoms with Gasteiger partial charge in [0, 0.05) is 45.2 Å². The molecular weight excluding hydrogens is 431 g/mol. The molecule has 7 heteroatoms. The fraction of sp³-hybridized carbons (Fsp3) is 0.458. The van der Waals surface area contributed by atoms with Crippen molar-refractivity contribution >= 4 is 30.7 Å². The van der Waals surface area contributed by atoms with E-state index in [2.05, 4.69) is 58.1 Å². The summed E-state index contributed by atoms with van der Waals surface area (Å²) in [6.45, 7) is 5.92. The number of nitrogens with zero attached hydrogens (tertiary/aromatic N) is 3. The number of piperazine rings is 1. The van der Waals surface area contributed by atoms with Gasteiger partial charge in [-0.25, -0.2) is 0 Å². The van der Waals surface area contributed by atoms with Gasteiger partial charge in [-0.1, -0.05) is 60.7 Å². The Morgan fingerprint density at radius 1 is 0.935 bits per heavy atom. The van der Waals surface area contributed by atoms with Gasteiger partial charge < -0.3 is 15.5 Å². The number of likely N-dealkylation sites (tertiary alicyclic amines) is 1. The summed E-state index contributed by atoms with van der Waals surface area (Å²) in [7, 11) is 2.15. The third-order valence-electron chi connectivity index (χ3n) is 6.54. The second-order valence-electron chi connectivity index (χ2n) is 8.41. The highest BCUT2D eigenvalue weighted by Crippen LogP contribution is 2.35. The van der Waals surface area contributed by atoms with Gasteiger partial charge >= 0.3 is 0 Å². The molecule has 0 aliphatic carbocycles. The molecule has 2 aromatic rings. The third-order valence-corrected chi connectivity index (χ3v) is 6.54. The van der Waals surface area contributed by atoms with Crippen LogP contribution in [0.15, 0.2) is 60.7 Å². The van der Waals surface area contributed by atoms with Crippen LogP contribution in [0.5, 0.6) is 0 Å². The van der Waals surface area contributed by atoms with Crippen LogP contribution in [0.1, 0.15) is 23.1 Å². The van der Waals surface area contributed by atoms with Crippen LogP contribution >= 0.6 is 24.8 Å². The summed E-state index contributed by atoms with van der Waals surface area (Å²) in [5.74, 6) is 0.844. The lowest BCUT2D eigenvalue weighted by Crippen LogP contribution is -2.50. The summed E-state index contributed by atoms with van der Waals surface area (Å²) in [5, 5.41) is 0. The van der Waals surface area contributed by atoms with E-state index in [-0.39, 0.29) is 36.8 Å². The van der Waals surface area contributed by atoms with Crippen LogP contribution < -0.4 is 5.73 Å². The van der Waals surface area contributed by atoms with E-state index in [9.17, 15) is 4.79 Å². The van der Waals surface area contributed by atoms with Gasteiger partial charge in [-0.15, -0.1) is 24.8 Å². The predicted molar refractivity (Wildman–Crippen MR) is 131 cm³/mol. The van der Waals surface area contributed by atoms with Crippen LogP contribution in [-0.4, -0.2) is 73.5 Å². The van der Waals surface area contributed by atoms with Crippen LogP contribution in [-0.2, 0) is 4.79 Å². The molecule has 2 aliphatic heterocycles. The highest BCUT2D eigenvalue weighted by Gasteiger charge is 2.40. The molecule has 2 heterocycles. The Hall–Kier alpha value is -1.63. The van der Waals surface area contributed by atoms with E-state index in [1.54, 1.807) is 0 Å². The highest BCUT2D eigenvalue weighted by atomic mass is 35.5. The monoisotopic (exact) mass is 464 g/mol. The fourth-order valence-corrected chi connectivity index (χ4v) is 4.77. The third kappa shape index (κ3) is 5.79. The molecule has 2 aromatic carbocycles. The van der Waals surface area contributed by atoms with Gasteiger partial charge in [0.05, 0.1) is 0 Å². The van der Waals surface area contributed by atoms with E-state index in [1.165, 1.54) is 5.56 Å². The van der Waals surface area contributed by atoms with Gasteiger partial charge in [0.15, 0.2) is 0 Å². The number of carbonyl (C=O) groups excluding carboxylic acids is 1. The number of amides is 1. The first-order valence-corrected chi connectivity index (χ1v) is 10.7. The van der Waals surface area contributed by atoms with Crippen LogP contribution in [0.4, 0.5) is 0 Å². The van der Waals surface area contributed by atoms with Gasteiger partial charge in [-0.3, -0.25) is 9.69 Å². The van der Waals surface area contributed by atoms with Crippen molar-refractivity contribution < 1.29 is 4.79 Å². The van der Waals surface area contributed by atoms with Crippen molar-refractivity contribution in [3.63, 3.8) is 0 Å². The first-order valence-electron chi connectivity index (χ1n) is 10.7. The van der Waals surface area contributed by atoms with Crippen molar-refractivity contribution in [3.8, 4) is 0 Å². The average molecular weight is 465 g/mol. The van der Waals surface area contributed by atoms with Crippen LogP contribution in [0.3, 0.4) is 0 Å². The Kier molecular flexibility index (Phi) is 9.79. The van der Waals surface area contributed by atoms with Gasteiger partial charge in [0.25, 0.3) is 0 Å². The Labute approximate surface area is 198 Å². The van der Waals surface area contributed by atoms with E-state index < -0.39 is 0 Å². The second kappa shape index (κ2) is 11.8. The maximum atomic E-state index is 13.8. The molecule has 5 nitrogen and oxygen atoms in total. The number of hydrogen-bond acceptors (Lipinski definition) is 4. The molecule has 2 fully saturated rings. The molecule has 2 aliphatic rings. The minimum atomic E-state index is -0.210. The number of halogens is 2. The van der Waals surface area contributed by atoms with E-state index in [4.69, 9.17) is 5.73 Å². The van der Waals surface area contributed by atoms with Crippen molar-refractivity contribution in [1.29, 1.82) is 0 Å². The molecule has 2 saturated heterocycles. The SMILES string of the molecule is CN1CCN(C(C(=O)N2C[C@@H](CN)[C@H](c3ccccc3)C2)c2ccccc2)CC1.Cl.Cl. The summed E-state index contributed by atoms with van der Waals surface area (Å²) in [6, 6.07) is 20.6. The van der Waals surface area contributed by atoms with Gasteiger partial charge in [-0.05, 0) is 30.6 Å². The minimum Gasteiger partial charge on any atom is -0.340 e. The summed E-state index contributed by atoms with van der Waals surface area (Å²) in [5.41, 5.74) is 8.49. The Balaban J connectivity index is 0.00000171. The Bertz CT molecular complexity index is 800. The molecule has 31 heavy (non-hydrogen) atoms. The normalized spacial score (nSPS) is 23.0. The zero-order chi connectivity index (χ0) is 20.2. The maximum absolute atomic E-state index is 13.8. The molecule has 0 spiro atoms. The van der Waals surface area contributed by atoms with Crippen molar-refractivity contribution in [2.45, 2.75) is 12.0 Å². The number of benzene rings is 2. The molecule has 0 radical (unpaired) electrons. The summed E-state index contributed by atoms with van der Waals surface area (Å²) in [6.07, 6.45) is 0. The van der Waals surface area contributed by atoms with E-state index in [1.807, 2.05) is 24.3 Å². The first-order chi connectivity index (χ1) is 14.2. The van der Waals surface area contributed by atoms with Crippen molar-refractivity contribution in [1.82, 2.24) is 14.7 Å². The fourth-order valence-electron chi connectivity index (χ4n) is 4.77. The molecule has 4 rings (SSSR count). The molecule has 3 atom stereocenters. The maximum Gasteiger partial charge on any atom is 0.244 e. The van der Waals surface area contributed by atoms with Gasteiger partial charge in [-0.2, -0.15) is 0 Å². The molecule has 0 aromatic heterocycles. The van der Waals surface area contributed by atoms with Crippen molar-refractivity contribution in [3.05, 3.63) is 71.8 Å².